The van der Waals surface area contributed by atoms with Crippen molar-refractivity contribution in [3.63, 3.8) is 0 Å². The van der Waals surface area contributed by atoms with E-state index < -0.39 is 26.2 Å². The van der Waals surface area contributed by atoms with Crippen molar-refractivity contribution in [2.45, 2.75) is 10.4 Å². The molecule has 0 heterocycles. The molecule has 1 aromatic rings. The van der Waals surface area contributed by atoms with Gasteiger partial charge in [-0.25, -0.2) is 8.42 Å². The molecule has 0 atom stereocenters. The van der Waals surface area contributed by atoms with Gasteiger partial charge < -0.3 is 14.8 Å². The van der Waals surface area contributed by atoms with E-state index in [4.69, 9.17) is 4.74 Å². The maximum Gasteiger partial charge on any atom is 0.501 e. The molecular weight excluding hydrogens is 315 g/mol. The lowest BCUT2D eigenvalue weighted by atomic mass is 10.3. The first-order valence-electron chi connectivity index (χ1n) is 5.43. The van der Waals surface area contributed by atoms with Gasteiger partial charge in [0.15, 0.2) is 0 Å². The SMILES string of the molecule is COC(=O)CNc1cc(S(=O)(=O)C(F)(F)F)ccc1OC. The minimum Gasteiger partial charge on any atom is -0.495 e. The van der Waals surface area contributed by atoms with Gasteiger partial charge in [-0.05, 0) is 18.2 Å². The van der Waals surface area contributed by atoms with E-state index in [-0.39, 0.29) is 18.0 Å². The number of alkyl halides is 3. The molecule has 0 radical (unpaired) electrons. The average Bonchev–Trinajstić information content (AvgIpc) is 2.42. The van der Waals surface area contributed by atoms with Gasteiger partial charge in [0.2, 0.25) is 0 Å². The van der Waals surface area contributed by atoms with E-state index in [1.54, 1.807) is 0 Å². The van der Waals surface area contributed by atoms with Crippen LogP contribution in [0.15, 0.2) is 23.1 Å². The number of carbonyl (C=O) groups excluding carboxylic acids is 1. The van der Waals surface area contributed by atoms with Crippen molar-refractivity contribution in [1.29, 1.82) is 0 Å². The molecule has 1 aromatic carbocycles. The first-order valence-corrected chi connectivity index (χ1v) is 6.92. The molecular formula is C11H12F3NO5S. The number of sulfone groups is 1. The van der Waals surface area contributed by atoms with Crippen molar-refractivity contribution >= 4 is 21.5 Å². The van der Waals surface area contributed by atoms with Crippen molar-refractivity contribution < 1.29 is 35.9 Å². The standard InChI is InChI=1S/C11H12F3NO5S/c1-19-9-4-3-7(21(17,18)11(12,13)14)5-8(9)15-6-10(16)20-2/h3-5,15H,6H2,1-2H3. The first-order chi connectivity index (χ1) is 9.63. The smallest absolute Gasteiger partial charge is 0.495 e. The molecule has 0 aliphatic heterocycles. The number of hydrogen-bond donors (Lipinski definition) is 1. The Labute approximate surface area is 118 Å². The third-order valence-electron chi connectivity index (χ3n) is 2.44. The number of halogens is 3. The molecule has 0 saturated carbocycles. The van der Waals surface area contributed by atoms with Crippen LogP contribution in [0.25, 0.3) is 0 Å². The highest BCUT2D eigenvalue weighted by atomic mass is 32.2. The first kappa shape index (κ1) is 17.1. The number of anilines is 1. The topological polar surface area (TPSA) is 81.7 Å². The molecule has 0 aliphatic rings. The summed E-state index contributed by atoms with van der Waals surface area (Å²) in [6, 6.07) is 2.56. The van der Waals surface area contributed by atoms with Crippen LogP contribution >= 0.6 is 0 Å². The van der Waals surface area contributed by atoms with Crippen LogP contribution < -0.4 is 10.1 Å². The highest BCUT2D eigenvalue weighted by molar-refractivity contribution is 7.92. The predicted molar refractivity (Wildman–Crippen MR) is 66.7 cm³/mol. The van der Waals surface area contributed by atoms with Gasteiger partial charge in [0, 0.05) is 0 Å². The van der Waals surface area contributed by atoms with E-state index in [0.717, 1.165) is 25.3 Å². The zero-order valence-corrected chi connectivity index (χ0v) is 11.8. The summed E-state index contributed by atoms with van der Waals surface area (Å²) in [6.07, 6.45) is 0. The molecule has 118 valence electrons. The zero-order valence-electron chi connectivity index (χ0n) is 11.0. The highest BCUT2D eigenvalue weighted by Crippen LogP contribution is 2.34. The van der Waals surface area contributed by atoms with Crippen molar-refractivity contribution in [2.24, 2.45) is 0 Å². The second kappa shape index (κ2) is 6.20. The van der Waals surface area contributed by atoms with Gasteiger partial charge in [0.05, 0.1) is 24.8 Å². The van der Waals surface area contributed by atoms with Gasteiger partial charge in [-0.3, -0.25) is 4.79 Å². The summed E-state index contributed by atoms with van der Waals surface area (Å²) in [7, 11) is -3.10. The van der Waals surface area contributed by atoms with Crippen LogP contribution in [0.2, 0.25) is 0 Å². The Kier molecular flexibility index (Phi) is 5.05. The molecule has 0 aliphatic carbocycles. The number of hydrogen-bond acceptors (Lipinski definition) is 6. The number of esters is 1. The molecule has 0 aromatic heterocycles. The number of nitrogens with one attached hydrogen (secondary N) is 1. The fourth-order valence-corrected chi connectivity index (χ4v) is 2.15. The summed E-state index contributed by atoms with van der Waals surface area (Å²) >= 11 is 0. The third kappa shape index (κ3) is 3.78. The normalized spacial score (nSPS) is 11.9. The largest absolute Gasteiger partial charge is 0.501 e. The minimum absolute atomic E-state index is 0.0757. The summed E-state index contributed by atoms with van der Waals surface area (Å²) in [5.74, 6) is -0.596. The van der Waals surface area contributed by atoms with Crippen molar-refractivity contribution in [1.82, 2.24) is 0 Å². The number of benzene rings is 1. The minimum atomic E-state index is -5.48. The van der Waals surface area contributed by atoms with E-state index >= 15 is 0 Å². The van der Waals surface area contributed by atoms with Crippen LogP contribution in [-0.4, -0.2) is 40.7 Å². The Bertz CT molecular complexity index is 627. The maximum atomic E-state index is 12.5. The highest BCUT2D eigenvalue weighted by Gasteiger charge is 2.47. The number of methoxy groups -OCH3 is 2. The van der Waals surface area contributed by atoms with Crippen LogP contribution in [-0.2, 0) is 19.4 Å². The Morgan fingerprint density at radius 3 is 2.38 bits per heavy atom. The molecule has 0 bridgehead atoms. The average molecular weight is 327 g/mol. The molecule has 6 nitrogen and oxygen atoms in total. The van der Waals surface area contributed by atoms with Crippen LogP contribution in [0.3, 0.4) is 0 Å². The lowest BCUT2D eigenvalue weighted by molar-refractivity contribution is -0.138. The van der Waals surface area contributed by atoms with E-state index in [9.17, 15) is 26.4 Å². The summed E-state index contributed by atoms with van der Waals surface area (Å²) in [5, 5.41) is 2.45. The van der Waals surface area contributed by atoms with Gasteiger partial charge >= 0.3 is 11.5 Å². The summed E-state index contributed by atoms with van der Waals surface area (Å²) < 4.78 is 69.3. The second-order valence-electron chi connectivity index (χ2n) is 3.74. The number of ether oxygens (including phenoxy) is 2. The van der Waals surface area contributed by atoms with Gasteiger partial charge in [-0.1, -0.05) is 0 Å². The molecule has 10 heteroatoms. The fraction of sp³-hybridized carbons (Fsp3) is 0.364. The Morgan fingerprint density at radius 1 is 1.29 bits per heavy atom. The van der Waals surface area contributed by atoms with Crippen LogP contribution in [0.4, 0.5) is 18.9 Å². The summed E-state index contributed by atoms with van der Waals surface area (Å²) in [4.78, 5) is 10.0. The lowest BCUT2D eigenvalue weighted by Crippen LogP contribution is -2.23. The lowest BCUT2D eigenvalue weighted by Gasteiger charge is -2.13. The van der Waals surface area contributed by atoms with E-state index in [0.29, 0.717) is 0 Å². The summed E-state index contributed by atoms with van der Waals surface area (Å²) in [6.45, 7) is -0.359. The molecule has 0 spiro atoms. The molecule has 0 unspecified atom stereocenters. The molecule has 1 rings (SSSR count). The van der Waals surface area contributed by atoms with Crippen molar-refractivity contribution in [2.75, 3.05) is 26.1 Å². The molecule has 21 heavy (non-hydrogen) atoms. The number of rotatable bonds is 5. The molecule has 0 amide bonds. The Balaban J connectivity index is 3.20. The number of carbonyl (C=O) groups is 1. The monoisotopic (exact) mass is 327 g/mol. The Morgan fingerprint density at radius 2 is 1.90 bits per heavy atom. The van der Waals surface area contributed by atoms with E-state index in [2.05, 4.69) is 10.1 Å². The summed E-state index contributed by atoms with van der Waals surface area (Å²) in [5.41, 5.74) is -5.49. The zero-order chi connectivity index (χ0) is 16.3. The van der Waals surface area contributed by atoms with Crippen LogP contribution in [0, 0.1) is 0 Å². The predicted octanol–water partition coefficient (Wildman–Crippen LogP) is 1.57. The fourth-order valence-electron chi connectivity index (χ4n) is 1.37. The molecule has 1 N–H and O–H groups in total. The quantitative estimate of drug-likeness (QED) is 0.827. The third-order valence-corrected chi connectivity index (χ3v) is 3.92. The van der Waals surface area contributed by atoms with Gasteiger partial charge in [-0.15, -0.1) is 0 Å². The van der Waals surface area contributed by atoms with Gasteiger partial charge in [0.25, 0.3) is 9.84 Å². The van der Waals surface area contributed by atoms with Crippen LogP contribution in [0.1, 0.15) is 0 Å². The van der Waals surface area contributed by atoms with Gasteiger partial charge in [0.1, 0.15) is 12.3 Å². The van der Waals surface area contributed by atoms with Crippen molar-refractivity contribution in [3.8, 4) is 5.75 Å². The Hall–Kier alpha value is -1.97. The van der Waals surface area contributed by atoms with Gasteiger partial charge in [-0.2, -0.15) is 13.2 Å². The molecule has 0 fully saturated rings. The van der Waals surface area contributed by atoms with Crippen LogP contribution in [0.5, 0.6) is 5.75 Å². The van der Waals surface area contributed by atoms with E-state index in [1.165, 1.54) is 7.11 Å². The maximum absolute atomic E-state index is 12.5. The van der Waals surface area contributed by atoms with Crippen molar-refractivity contribution in [3.05, 3.63) is 18.2 Å². The second-order valence-corrected chi connectivity index (χ2v) is 5.68. The van der Waals surface area contributed by atoms with E-state index in [1.807, 2.05) is 0 Å². The molecule has 0 saturated heterocycles.